The van der Waals surface area contributed by atoms with Crippen molar-refractivity contribution in [3.8, 4) is 0 Å². The molecular weight excluding hydrogens is 340 g/mol. The summed E-state index contributed by atoms with van der Waals surface area (Å²) in [6, 6.07) is 13.0. The molecule has 9 heteroatoms. The zero-order chi connectivity index (χ0) is 18.8. The van der Waals surface area contributed by atoms with E-state index < -0.39 is 15.5 Å². The number of hydrogen-bond acceptors (Lipinski definition) is 7. The Morgan fingerprint density at radius 3 is 2.54 bits per heavy atom. The smallest absolute Gasteiger partial charge is 0.301 e. The summed E-state index contributed by atoms with van der Waals surface area (Å²) >= 11 is 0. The van der Waals surface area contributed by atoms with Gasteiger partial charge in [0.1, 0.15) is 5.69 Å². The first-order valence-corrected chi connectivity index (χ1v) is 7.56. The molecule has 0 unspecified atom stereocenters. The second-order valence-corrected chi connectivity index (χ2v) is 5.03. The Labute approximate surface area is 148 Å². The van der Waals surface area contributed by atoms with Crippen LogP contribution in [0, 0.1) is 20.2 Å². The van der Waals surface area contributed by atoms with Gasteiger partial charge in [0.25, 0.3) is 5.69 Å². The normalized spacial score (nSPS) is 11.1. The summed E-state index contributed by atoms with van der Waals surface area (Å²) in [6.07, 6.45) is 4.75. The third-order valence-corrected chi connectivity index (χ3v) is 3.20. The molecule has 0 saturated carbocycles. The van der Waals surface area contributed by atoms with E-state index in [1.54, 1.807) is 12.2 Å². The van der Waals surface area contributed by atoms with E-state index in [4.69, 9.17) is 4.74 Å². The molecule has 0 radical (unpaired) electrons. The highest BCUT2D eigenvalue weighted by molar-refractivity contribution is 5.73. The number of hydrazone groups is 1. The summed E-state index contributed by atoms with van der Waals surface area (Å²) in [4.78, 5) is 20.2. The fraction of sp³-hybridized carbons (Fsp3) is 0.118. The fourth-order valence-corrected chi connectivity index (χ4v) is 1.96. The highest BCUT2D eigenvalue weighted by Gasteiger charge is 2.18. The average molecular weight is 356 g/mol. The Bertz CT molecular complexity index is 821. The van der Waals surface area contributed by atoms with Crippen LogP contribution >= 0.6 is 0 Å². The molecule has 0 heterocycles. The number of rotatable bonds is 9. The average Bonchev–Trinajstić information content (AvgIpc) is 2.64. The topological polar surface area (TPSA) is 120 Å². The molecule has 1 N–H and O–H groups in total. The predicted octanol–water partition coefficient (Wildman–Crippen LogP) is 3.67. The molecule has 0 aliphatic rings. The summed E-state index contributed by atoms with van der Waals surface area (Å²) < 4.78 is 5.45. The van der Waals surface area contributed by atoms with Gasteiger partial charge in [0.05, 0.1) is 29.1 Å². The Morgan fingerprint density at radius 1 is 1.08 bits per heavy atom. The van der Waals surface area contributed by atoms with Crippen LogP contribution in [-0.2, 0) is 11.3 Å². The summed E-state index contributed by atoms with van der Waals surface area (Å²) in [6.45, 7) is 0.883. The lowest BCUT2D eigenvalue weighted by molar-refractivity contribution is -0.393. The first kappa shape index (κ1) is 18.7. The van der Waals surface area contributed by atoms with E-state index in [0.717, 1.165) is 17.7 Å². The van der Waals surface area contributed by atoms with E-state index >= 15 is 0 Å². The molecule has 2 aromatic carbocycles. The zero-order valence-corrected chi connectivity index (χ0v) is 13.6. The van der Waals surface area contributed by atoms with Crippen molar-refractivity contribution in [3.63, 3.8) is 0 Å². The van der Waals surface area contributed by atoms with E-state index in [-0.39, 0.29) is 11.4 Å². The van der Waals surface area contributed by atoms with E-state index in [1.807, 2.05) is 30.3 Å². The minimum Gasteiger partial charge on any atom is -0.373 e. The maximum atomic E-state index is 11.0. The molecule has 0 atom stereocenters. The van der Waals surface area contributed by atoms with Crippen LogP contribution in [0.5, 0.6) is 0 Å². The molecule has 134 valence electrons. The third kappa shape index (κ3) is 5.80. The van der Waals surface area contributed by atoms with Gasteiger partial charge in [0, 0.05) is 12.3 Å². The van der Waals surface area contributed by atoms with Crippen LogP contribution in [0.1, 0.15) is 5.56 Å². The fourth-order valence-electron chi connectivity index (χ4n) is 1.96. The van der Waals surface area contributed by atoms with Gasteiger partial charge in [-0.25, -0.2) is 0 Å². The molecule has 9 nitrogen and oxygen atoms in total. The number of nitrogens with zero attached hydrogens (tertiary/aromatic N) is 3. The summed E-state index contributed by atoms with van der Waals surface area (Å²) in [5.74, 6) is 0. The second kappa shape index (κ2) is 9.64. The Kier molecular flexibility index (Phi) is 6.95. The van der Waals surface area contributed by atoms with E-state index in [1.165, 1.54) is 12.3 Å². The summed E-state index contributed by atoms with van der Waals surface area (Å²) in [5.41, 5.74) is 2.84. The highest BCUT2D eigenvalue weighted by atomic mass is 16.6. The van der Waals surface area contributed by atoms with E-state index in [0.29, 0.717) is 13.2 Å². The number of nitro groups is 2. The molecule has 2 aromatic rings. The largest absolute Gasteiger partial charge is 0.373 e. The number of ether oxygens (including phenoxy) is 1. The van der Waals surface area contributed by atoms with Gasteiger partial charge in [0.15, 0.2) is 0 Å². The van der Waals surface area contributed by atoms with Crippen LogP contribution in [0.15, 0.2) is 65.8 Å². The SMILES string of the molecule is O=[N+]([O-])c1ccc(N/N=C/C=C/COCc2ccccc2)c([N+](=O)[O-])c1. The zero-order valence-electron chi connectivity index (χ0n) is 13.6. The van der Waals surface area contributed by atoms with Gasteiger partial charge in [-0.05, 0) is 17.7 Å². The second-order valence-electron chi connectivity index (χ2n) is 5.03. The van der Waals surface area contributed by atoms with Gasteiger partial charge in [-0.15, -0.1) is 0 Å². The van der Waals surface area contributed by atoms with Crippen LogP contribution in [0.3, 0.4) is 0 Å². The molecule has 0 bridgehead atoms. The van der Waals surface area contributed by atoms with Crippen LogP contribution < -0.4 is 5.43 Å². The lowest BCUT2D eigenvalue weighted by atomic mass is 10.2. The highest BCUT2D eigenvalue weighted by Crippen LogP contribution is 2.28. The summed E-state index contributed by atoms with van der Waals surface area (Å²) in [7, 11) is 0. The molecule has 0 fully saturated rings. The molecule has 26 heavy (non-hydrogen) atoms. The van der Waals surface area contributed by atoms with Gasteiger partial charge in [-0.3, -0.25) is 25.7 Å². The number of nitro benzene ring substituents is 2. The molecule has 2 rings (SSSR count). The first-order chi connectivity index (χ1) is 12.6. The number of nitrogens with one attached hydrogen (secondary N) is 1. The van der Waals surface area contributed by atoms with Crippen molar-refractivity contribution in [2.75, 3.05) is 12.0 Å². The first-order valence-electron chi connectivity index (χ1n) is 7.56. The molecule has 0 amide bonds. The number of anilines is 1. The number of non-ortho nitro benzene ring substituents is 1. The predicted molar refractivity (Wildman–Crippen MR) is 97.1 cm³/mol. The molecule has 0 aliphatic heterocycles. The van der Waals surface area contributed by atoms with Gasteiger partial charge in [-0.2, -0.15) is 5.10 Å². The number of hydrogen-bond donors (Lipinski definition) is 1. The Balaban J connectivity index is 1.82. The molecule has 0 aromatic heterocycles. The standard InChI is InChI=1S/C17H16N4O5/c22-20(23)15-8-9-16(17(12-15)21(24)25)19-18-10-4-5-11-26-13-14-6-2-1-3-7-14/h1-10,12,19H,11,13H2/b5-4+,18-10+. The molecule has 0 aliphatic carbocycles. The maximum Gasteiger partial charge on any atom is 0.301 e. The van der Waals surface area contributed by atoms with Crippen molar-refractivity contribution in [2.45, 2.75) is 6.61 Å². The van der Waals surface area contributed by atoms with Crippen molar-refractivity contribution in [1.29, 1.82) is 0 Å². The van der Waals surface area contributed by atoms with Gasteiger partial charge >= 0.3 is 5.69 Å². The monoisotopic (exact) mass is 356 g/mol. The Hall–Kier alpha value is -3.59. The molecule has 0 spiro atoms. The minimum atomic E-state index is -0.710. The quantitative estimate of drug-likeness (QED) is 0.317. The molecule has 0 saturated heterocycles. The summed E-state index contributed by atoms with van der Waals surface area (Å²) in [5, 5.41) is 25.5. The van der Waals surface area contributed by atoms with Crippen molar-refractivity contribution in [1.82, 2.24) is 0 Å². The van der Waals surface area contributed by atoms with E-state index in [9.17, 15) is 20.2 Å². The molecular formula is C17H16N4O5. The number of allylic oxidation sites excluding steroid dienone is 1. The van der Waals surface area contributed by atoms with Gasteiger partial charge in [-0.1, -0.05) is 36.4 Å². The van der Waals surface area contributed by atoms with E-state index in [2.05, 4.69) is 10.5 Å². The Morgan fingerprint density at radius 2 is 1.85 bits per heavy atom. The third-order valence-electron chi connectivity index (χ3n) is 3.20. The van der Waals surface area contributed by atoms with Crippen LogP contribution in [-0.4, -0.2) is 22.7 Å². The van der Waals surface area contributed by atoms with Crippen molar-refractivity contribution >= 4 is 23.3 Å². The van der Waals surface area contributed by atoms with Crippen LogP contribution in [0.25, 0.3) is 0 Å². The number of benzene rings is 2. The van der Waals surface area contributed by atoms with Crippen molar-refractivity contribution < 1.29 is 14.6 Å². The van der Waals surface area contributed by atoms with Crippen molar-refractivity contribution in [3.05, 3.63) is 86.5 Å². The lowest BCUT2D eigenvalue weighted by Crippen LogP contribution is -1.98. The van der Waals surface area contributed by atoms with Crippen LogP contribution in [0.4, 0.5) is 17.1 Å². The van der Waals surface area contributed by atoms with Crippen molar-refractivity contribution in [2.24, 2.45) is 5.10 Å². The lowest BCUT2D eigenvalue weighted by Gasteiger charge is -2.01. The minimum absolute atomic E-state index is 0.0607. The van der Waals surface area contributed by atoms with Gasteiger partial charge < -0.3 is 4.74 Å². The van der Waals surface area contributed by atoms with Crippen LogP contribution in [0.2, 0.25) is 0 Å². The maximum absolute atomic E-state index is 11.0. The van der Waals surface area contributed by atoms with Gasteiger partial charge in [0.2, 0.25) is 0 Å².